The van der Waals surface area contributed by atoms with E-state index in [9.17, 15) is 8.42 Å². The Balaban J connectivity index is 2.91. The van der Waals surface area contributed by atoms with Gasteiger partial charge >= 0.3 is 0 Å². The third-order valence-electron chi connectivity index (χ3n) is 1.69. The summed E-state index contributed by atoms with van der Waals surface area (Å²) in [6.45, 7) is 7.25. The molecule has 1 rings (SSSR count). The molecule has 0 aliphatic carbocycles. The molecule has 0 aliphatic rings. The highest BCUT2D eigenvalue weighted by atomic mass is 35.5. The van der Waals surface area contributed by atoms with Gasteiger partial charge in [0.05, 0.1) is 5.75 Å². The van der Waals surface area contributed by atoms with E-state index in [2.05, 4.69) is 14.7 Å². The highest BCUT2D eigenvalue weighted by Crippen LogP contribution is 2.18. The maximum absolute atomic E-state index is 11.8. The Hall–Kier alpha value is -0.880. The lowest BCUT2D eigenvalue weighted by molar-refractivity contribution is 0.463. The average molecular weight is 278 g/mol. The van der Waals surface area contributed by atoms with Crippen LogP contribution < -0.4 is 4.72 Å². The lowest BCUT2D eigenvalue weighted by atomic mass is 10.0. The normalized spacial score (nSPS) is 12.5. The fourth-order valence-electron chi connectivity index (χ4n) is 1.32. The molecule has 0 unspecified atom stereocenters. The van der Waals surface area contributed by atoms with Crippen molar-refractivity contribution in [2.45, 2.75) is 27.7 Å². The number of nitrogens with one attached hydrogen (secondary N) is 1. The lowest BCUT2D eigenvalue weighted by Gasteiger charge is -2.18. The van der Waals surface area contributed by atoms with E-state index in [1.165, 1.54) is 0 Å². The van der Waals surface area contributed by atoms with Crippen molar-refractivity contribution in [1.82, 2.24) is 9.97 Å². The predicted molar refractivity (Wildman–Crippen MR) is 68.6 cm³/mol. The molecular weight excluding hydrogens is 262 g/mol. The van der Waals surface area contributed by atoms with Crippen molar-refractivity contribution in [3.63, 3.8) is 0 Å². The van der Waals surface area contributed by atoms with Crippen LogP contribution in [0.1, 0.15) is 26.5 Å². The molecule has 0 amide bonds. The Bertz CT molecular complexity index is 489. The summed E-state index contributed by atoms with van der Waals surface area (Å²) in [6.07, 6.45) is 0. The lowest BCUT2D eigenvalue weighted by Crippen LogP contribution is -2.27. The zero-order valence-corrected chi connectivity index (χ0v) is 11.9. The van der Waals surface area contributed by atoms with Crippen molar-refractivity contribution in [1.29, 1.82) is 0 Å². The Morgan fingerprint density at radius 1 is 1.35 bits per heavy atom. The molecule has 0 aromatic carbocycles. The molecule has 5 nitrogen and oxygen atoms in total. The first-order valence-electron chi connectivity index (χ1n) is 5.09. The molecule has 0 fully saturated rings. The fourth-order valence-corrected chi connectivity index (χ4v) is 3.14. The first-order valence-corrected chi connectivity index (χ1v) is 7.12. The van der Waals surface area contributed by atoms with Crippen LogP contribution in [-0.4, -0.2) is 24.1 Å². The Morgan fingerprint density at radius 3 is 2.41 bits per heavy atom. The second-order valence-corrected chi connectivity index (χ2v) is 7.19. The summed E-state index contributed by atoms with van der Waals surface area (Å²) >= 11 is 5.73. The fraction of sp³-hybridized carbons (Fsp3) is 0.600. The van der Waals surface area contributed by atoms with Crippen LogP contribution in [0.15, 0.2) is 6.07 Å². The molecule has 0 atom stereocenters. The topological polar surface area (TPSA) is 72.0 Å². The molecule has 0 saturated heterocycles. The number of anilines is 1. The van der Waals surface area contributed by atoms with Gasteiger partial charge < -0.3 is 0 Å². The third kappa shape index (κ3) is 5.32. The molecule has 0 aliphatic heterocycles. The number of rotatable bonds is 3. The second kappa shape index (κ2) is 4.78. The minimum Gasteiger partial charge on any atom is -0.251 e. The van der Waals surface area contributed by atoms with E-state index >= 15 is 0 Å². The van der Waals surface area contributed by atoms with E-state index in [4.69, 9.17) is 11.6 Å². The van der Waals surface area contributed by atoms with Crippen LogP contribution >= 0.6 is 11.6 Å². The van der Waals surface area contributed by atoms with Crippen LogP contribution in [0.2, 0.25) is 5.15 Å². The van der Waals surface area contributed by atoms with Gasteiger partial charge in [-0.1, -0.05) is 32.4 Å². The van der Waals surface area contributed by atoms with Gasteiger partial charge in [0.1, 0.15) is 5.15 Å². The summed E-state index contributed by atoms with van der Waals surface area (Å²) in [5, 5.41) is 0.214. The molecule has 1 heterocycles. The zero-order valence-electron chi connectivity index (χ0n) is 10.3. The molecule has 7 heteroatoms. The van der Waals surface area contributed by atoms with E-state index in [0.29, 0.717) is 5.69 Å². The summed E-state index contributed by atoms with van der Waals surface area (Å²) in [6, 6.07) is 1.56. The summed E-state index contributed by atoms with van der Waals surface area (Å²) in [7, 11) is -3.46. The SMILES string of the molecule is Cc1cc(Cl)nc(NS(=O)(=O)CC(C)(C)C)n1. The summed E-state index contributed by atoms with van der Waals surface area (Å²) in [4.78, 5) is 7.78. The number of aryl methyl sites for hydroxylation is 1. The van der Waals surface area contributed by atoms with Crippen LogP contribution in [0.3, 0.4) is 0 Å². The van der Waals surface area contributed by atoms with E-state index in [-0.39, 0.29) is 22.3 Å². The first-order chi connectivity index (χ1) is 7.57. The molecule has 0 radical (unpaired) electrons. The van der Waals surface area contributed by atoms with Gasteiger partial charge in [0.15, 0.2) is 0 Å². The zero-order chi connectivity index (χ0) is 13.3. The van der Waals surface area contributed by atoms with Crippen LogP contribution in [0.4, 0.5) is 5.95 Å². The summed E-state index contributed by atoms with van der Waals surface area (Å²) < 4.78 is 25.9. The number of hydrogen-bond acceptors (Lipinski definition) is 4. The Kier molecular flexibility index (Phi) is 3.99. The van der Waals surface area contributed by atoms with Crippen molar-refractivity contribution in [2.24, 2.45) is 5.41 Å². The van der Waals surface area contributed by atoms with E-state index in [1.807, 2.05) is 20.8 Å². The number of hydrogen-bond donors (Lipinski definition) is 1. The Morgan fingerprint density at radius 2 is 1.94 bits per heavy atom. The molecule has 1 aromatic rings. The number of nitrogens with zero attached hydrogens (tertiary/aromatic N) is 2. The van der Waals surface area contributed by atoms with Crippen LogP contribution in [0, 0.1) is 12.3 Å². The second-order valence-electron chi connectivity index (χ2n) is 5.08. The number of sulfonamides is 1. The average Bonchev–Trinajstić information content (AvgIpc) is 1.93. The van der Waals surface area contributed by atoms with Crippen LogP contribution in [-0.2, 0) is 10.0 Å². The highest BCUT2D eigenvalue weighted by Gasteiger charge is 2.22. The number of halogens is 1. The van der Waals surface area contributed by atoms with Crippen molar-refractivity contribution in [3.05, 3.63) is 16.9 Å². The minimum absolute atomic E-state index is 0.00504. The first kappa shape index (κ1) is 14.2. The summed E-state index contributed by atoms with van der Waals surface area (Å²) in [5.74, 6) is 0.00816. The predicted octanol–water partition coefficient (Wildman–Crippen LogP) is 2.23. The maximum Gasteiger partial charge on any atom is 0.238 e. The molecule has 1 N–H and O–H groups in total. The van der Waals surface area contributed by atoms with Gasteiger partial charge in [0, 0.05) is 5.69 Å². The quantitative estimate of drug-likeness (QED) is 0.860. The Labute approximate surface area is 107 Å². The number of aromatic nitrogens is 2. The molecular formula is C10H16ClN3O2S. The van der Waals surface area contributed by atoms with Gasteiger partial charge in [-0.15, -0.1) is 0 Å². The minimum atomic E-state index is -3.46. The van der Waals surface area contributed by atoms with Gasteiger partial charge in [0.25, 0.3) is 0 Å². The van der Waals surface area contributed by atoms with E-state index in [1.54, 1.807) is 13.0 Å². The summed E-state index contributed by atoms with van der Waals surface area (Å²) in [5.41, 5.74) is 0.276. The standard InChI is InChI=1S/C10H16ClN3O2S/c1-7-5-8(11)13-9(12-7)14-17(15,16)6-10(2,3)4/h5H,6H2,1-4H3,(H,12,13,14). The smallest absolute Gasteiger partial charge is 0.238 e. The van der Waals surface area contributed by atoms with Crippen molar-refractivity contribution in [3.8, 4) is 0 Å². The van der Waals surface area contributed by atoms with Crippen molar-refractivity contribution < 1.29 is 8.42 Å². The largest absolute Gasteiger partial charge is 0.251 e. The third-order valence-corrected chi connectivity index (χ3v) is 3.63. The molecule has 96 valence electrons. The molecule has 0 saturated carbocycles. The van der Waals surface area contributed by atoms with Gasteiger partial charge in [0.2, 0.25) is 16.0 Å². The molecule has 17 heavy (non-hydrogen) atoms. The van der Waals surface area contributed by atoms with E-state index < -0.39 is 10.0 Å². The molecule has 0 spiro atoms. The maximum atomic E-state index is 11.8. The van der Waals surface area contributed by atoms with Gasteiger partial charge in [-0.3, -0.25) is 4.72 Å². The van der Waals surface area contributed by atoms with Crippen LogP contribution in [0.5, 0.6) is 0 Å². The van der Waals surface area contributed by atoms with Gasteiger partial charge in [-0.2, -0.15) is 0 Å². The molecule has 1 aromatic heterocycles. The van der Waals surface area contributed by atoms with Crippen molar-refractivity contribution in [2.75, 3.05) is 10.5 Å². The monoisotopic (exact) mass is 277 g/mol. The molecule has 0 bridgehead atoms. The van der Waals surface area contributed by atoms with Gasteiger partial charge in [-0.25, -0.2) is 18.4 Å². The van der Waals surface area contributed by atoms with Gasteiger partial charge in [-0.05, 0) is 18.4 Å². The van der Waals surface area contributed by atoms with E-state index in [0.717, 1.165) is 0 Å². The highest BCUT2D eigenvalue weighted by molar-refractivity contribution is 7.92. The van der Waals surface area contributed by atoms with Crippen molar-refractivity contribution >= 4 is 27.6 Å². The van der Waals surface area contributed by atoms with Crippen LogP contribution in [0.25, 0.3) is 0 Å².